The van der Waals surface area contributed by atoms with Crippen molar-refractivity contribution in [3.8, 4) is 33.4 Å². The molecule has 0 radical (unpaired) electrons. The van der Waals surface area contributed by atoms with E-state index >= 15 is 0 Å². The number of hydrogen-bond acceptors (Lipinski definition) is 3. The maximum atomic E-state index is 6.94. The molecule has 2 aromatic heterocycles. The van der Waals surface area contributed by atoms with Gasteiger partial charge in [-0.2, -0.15) is 0 Å². The van der Waals surface area contributed by atoms with Gasteiger partial charge in [0.05, 0.1) is 16.8 Å². The summed E-state index contributed by atoms with van der Waals surface area (Å²) in [7, 11) is 0. The minimum atomic E-state index is 0.869. The van der Waals surface area contributed by atoms with E-state index in [-0.39, 0.29) is 0 Å². The third-order valence-electron chi connectivity index (χ3n) is 12.9. The van der Waals surface area contributed by atoms with Crippen LogP contribution in [0.15, 0.2) is 229 Å². The second kappa shape index (κ2) is 14.3. The minimum Gasteiger partial charge on any atom is -0.455 e. The summed E-state index contributed by atoms with van der Waals surface area (Å²) in [6, 6.07) is 81.6. The van der Waals surface area contributed by atoms with Crippen molar-refractivity contribution in [1.29, 1.82) is 0 Å². The lowest BCUT2D eigenvalue weighted by Crippen LogP contribution is -2.11. The van der Waals surface area contributed by atoms with Crippen molar-refractivity contribution in [2.75, 3.05) is 4.90 Å². The number of nitrogens with zero attached hydrogens (tertiary/aromatic N) is 1. The molecule has 0 aliphatic rings. The van der Waals surface area contributed by atoms with Crippen molar-refractivity contribution in [3.63, 3.8) is 0 Å². The Balaban J connectivity index is 1.01. The number of hydrogen-bond donors (Lipinski definition) is 0. The van der Waals surface area contributed by atoms with Crippen molar-refractivity contribution in [3.05, 3.63) is 224 Å². The van der Waals surface area contributed by atoms with Crippen LogP contribution in [0.4, 0.5) is 17.1 Å². The Labute approximate surface area is 368 Å². The molecule has 2 nitrogen and oxygen atoms in total. The maximum absolute atomic E-state index is 6.94. The van der Waals surface area contributed by atoms with Crippen molar-refractivity contribution < 1.29 is 4.42 Å². The van der Waals surface area contributed by atoms with Crippen LogP contribution in [0.25, 0.3) is 108 Å². The molecule has 63 heavy (non-hydrogen) atoms. The third kappa shape index (κ3) is 5.71. The van der Waals surface area contributed by atoms with Gasteiger partial charge in [-0.15, -0.1) is 11.3 Å². The quantitative estimate of drug-likeness (QED) is 0.155. The molecule has 0 atom stereocenters. The number of fused-ring (bicyclic) bond motifs is 10. The van der Waals surface area contributed by atoms with Crippen LogP contribution in [0, 0.1) is 0 Å². The van der Waals surface area contributed by atoms with Gasteiger partial charge in [-0.1, -0.05) is 182 Å². The van der Waals surface area contributed by atoms with E-state index in [2.05, 4.69) is 229 Å². The summed E-state index contributed by atoms with van der Waals surface area (Å²) in [5.74, 6) is 0. The second-order valence-corrected chi connectivity index (χ2v) is 17.4. The van der Waals surface area contributed by atoms with Gasteiger partial charge in [0.15, 0.2) is 0 Å². The first-order chi connectivity index (χ1) is 31.2. The van der Waals surface area contributed by atoms with E-state index in [1.807, 2.05) is 11.3 Å². The molecular weight excluding hydrogens is 783 g/mol. The predicted octanol–water partition coefficient (Wildman–Crippen LogP) is 17.9. The van der Waals surface area contributed by atoms with Crippen LogP contribution < -0.4 is 4.90 Å². The number of thiophene rings is 1. The van der Waals surface area contributed by atoms with Gasteiger partial charge in [0, 0.05) is 42.2 Å². The summed E-state index contributed by atoms with van der Waals surface area (Å²) in [6.07, 6.45) is 0. The molecule has 3 heteroatoms. The Kier molecular flexibility index (Phi) is 8.12. The van der Waals surface area contributed by atoms with E-state index in [0.29, 0.717) is 0 Å². The molecule has 0 aliphatic heterocycles. The Morgan fingerprint density at radius 1 is 0.349 bits per heavy atom. The zero-order valence-corrected chi connectivity index (χ0v) is 34.9. The first-order valence-electron chi connectivity index (χ1n) is 21.5. The lowest BCUT2D eigenvalue weighted by molar-refractivity contribution is 0.670. The largest absolute Gasteiger partial charge is 0.455 e. The highest BCUT2D eigenvalue weighted by Gasteiger charge is 2.24. The third-order valence-corrected chi connectivity index (χ3v) is 14.1. The van der Waals surface area contributed by atoms with Crippen LogP contribution >= 0.6 is 11.3 Å². The first-order valence-corrected chi connectivity index (χ1v) is 22.3. The fourth-order valence-electron chi connectivity index (χ4n) is 9.92. The average molecular weight is 820 g/mol. The van der Waals surface area contributed by atoms with E-state index in [0.717, 1.165) is 50.1 Å². The van der Waals surface area contributed by atoms with Gasteiger partial charge in [-0.05, 0) is 97.2 Å². The topological polar surface area (TPSA) is 16.4 Å². The monoisotopic (exact) mass is 819 g/mol. The molecule has 0 saturated carbocycles. The molecule has 0 N–H and O–H groups in total. The normalized spacial score (nSPS) is 11.8. The number of anilines is 3. The van der Waals surface area contributed by atoms with Crippen LogP contribution in [0.2, 0.25) is 0 Å². The molecule has 13 rings (SSSR count). The van der Waals surface area contributed by atoms with Gasteiger partial charge in [0.2, 0.25) is 0 Å². The van der Waals surface area contributed by atoms with Gasteiger partial charge in [-0.3, -0.25) is 0 Å². The van der Waals surface area contributed by atoms with Crippen molar-refractivity contribution in [2.45, 2.75) is 0 Å². The number of benzene rings is 11. The summed E-state index contributed by atoms with van der Waals surface area (Å²) < 4.78 is 9.56. The van der Waals surface area contributed by atoms with Gasteiger partial charge >= 0.3 is 0 Å². The molecule has 0 bridgehead atoms. The van der Waals surface area contributed by atoms with Gasteiger partial charge in [-0.25, -0.2) is 0 Å². The summed E-state index contributed by atoms with van der Waals surface area (Å²) in [5.41, 5.74) is 12.1. The lowest BCUT2D eigenvalue weighted by Gasteiger charge is -2.28. The summed E-state index contributed by atoms with van der Waals surface area (Å²) in [4.78, 5) is 2.44. The highest BCUT2D eigenvalue weighted by molar-refractivity contribution is 7.26. The molecule has 13 aromatic rings. The lowest BCUT2D eigenvalue weighted by atomic mass is 9.95. The van der Waals surface area contributed by atoms with E-state index < -0.39 is 0 Å². The molecule has 0 amide bonds. The van der Waals surface area contributed by atoms with Crippen molar-refractivity contribution in [2.24, 2.45) is 0 Å². The van der Waals surface area contributed by atoms with Gasteiger partial charge in [0.1, 0.15) is 11.2 Å². The van der Waals surface area contributed by atoms with Crippen molar-refractivity contribution >= 4 is 103 Å². The van der Waals surface area contributed by atoms with Gasteiger partial charge in [0.25, 0.3) is 0 Å². The zero-order chi connectivity index (χ0) is 41.4. The Hall–Kier alpha value is -7.98. The Bertz CT molecular complexity index is 3910. The number of rotatable bonds is 6. The fraction of sp³-hybridized carbons (Fsp3) is 0. The maximum Gasteiger partial charge on any atom is 0.145 e. The smallest absolute Gasteiger partial charge is 0.145 e. The number of furan rings is 1. The van der Waals surface area contributed by atoms with E-state index in [4.69, 9.17) is 4.42 Å². The van der Waals surface area contributed by atoms with E-state index in [1.54, 1.807) is 0 Å². The highest BCUT2D eigenvalue weighted by Crippen LogP contribution is 2.49. The zero-order valence-electron chi connectivity index (χ0n) is 34.1. The van der Waals surface area contributed by atoms with Crippen molar-refractivity contribution in [1.82, 2.24) is 0 Å². The van der Waals surface area contributed by atoms with Crippen LogP contribution in [0.3, 0.4) is 0 Å². The molecule has 2 heterocycles. The molecule has 0 aliphatic carbocycles. The molecule has 0 saturated heterocycles. The van der Waals surface area contributed by atoms with E-state index in [1.165, 1.54) is 74.7 Å². The Morgan fingerprint density at radius 3 is 1.87 bits per heavy atom. The van der Waals surface area contributed by atoms with E-state index in [9.17, 15) is 0 Å². The SMILES string of the molecule is c1ccc(-c2cccc3c2sc2cc(-c4ccc(N(c5cccc6c5ccc5ccccc56)c5ccc(-c6cccc7ccccc67)c6oc7ccccc7c56)cc4)ccc23)cc1. The highest BCUT2D eigenvalue weighted by atomic mass is 32.1. The molecule has 294 valence electrons. The average Bonchev–Trinajstić information content (AvgIpc) is 3.93. The first kappa shape index (κ1) is 35.7. The number of para-hydroxylation sites is 1. The van der Waals surface area contributed by atoms with Crippen LogP contribution in [-0.2, 0) is 0 Å². The predicted molar refractivity (Wildman–Crippen MR) is 270 cm³/mol. The molecule has 0 unspecified atom stereocenters. The fourth-order valence-corrected chi connectivity index (χ4v) is 11.2. The molecule has 0 spiro atoms. The summed E-state index contributed by atoms with van der Waals surface area (Å²) >= 11 is 1.88. The standard InChI is InChI=1S/C60H37NOS/c1-2-13-40(14-3-1)46-21-11-24-52-50-34-30-42(37-57(50)63-60(46)52)38-27-31-43(32-28-38)61(54-25-12-23-47-45-19-7-5-16-41(45)29-33-49(47)54)55-36-35-51(48-22-10-17-39-15-4-6-18-44(39)48)59-58(55)53-20-8-9-26-56(53)62-59/h1-37H. The van der Waals surface area contributed by atoms with Crippen LogP contribution in [0.5, 0.6) is 0 Å². The summed E-state index contributed by atoms with van der Waals surface area (Å²) in [5, 5.41) is 12.1. The van der Waals surface area contributed by atoms with Crippen LogP contribution in [-0.4, -0.2) is 0 Å². The molecule has 0 fully saturated rings. The second-order valence-electron chi connectivity index (χ2n) is 16.4. The Morgan fingerprint density at radius 2 is 1.00 bits per heavy atom. The summed E-state index contributed by atoms with van der Waals surface area (Å²) in [6.45, 7) is 0. The molecular formula is C60H37NOS. The molecule has 11 aromatic carbocycles. The van der Waals surface area contributed by atoms with Crippen LogP contribution in [0.1, 0.15) is 0 Å². The minimum absolute atomic E-state index is 0.869. The van der Waals surface area contributed by atoms with Gasteiger partial charge < -0.3 is 9.32 Å².